The van der Waals surface area contributed by atoms with Crippen LogP contribution in [0.25, 0.3) is 0 Å². The molecule has 0 bridgehead atoms. The van der Waals surface area contributed by atoms with Crippen molar-refractivity contribution in [3.05, 3.63) is 0 Å². The molecule has 1 aliphatic rings. The average Bonchev–Trinajstić information content (AvgIpc) is 2.04. The first-order chi connectivity index (χ1) is 6.18. The lowest BCUT2D eigenvalue weighted by atomic mass is 10.2. The van der Waals surface area contributed by atoms with E-state index in [-0.39, 0.29) is 18.1 Å². The highest BCUT2D eigenvalue weighted by atomic mass is 16.5. The predicted octanol–water partition coefficient (Wildman–Crippen LogP) is -0.111. The largest absolute Gasteiger partial charge is 0.375 e. The van der Waals surface area contributed by atoms with Gasteiger partial charge in [-0.1, -0.05) is 0 Å². The molecule has 0 radical (unpaired) electrons. The maximum atomic E-state index is 11.3. The van der Waals surface area contributed by atoms with E-state index in [2.05, 4.69) is 10.6 Å². The van der Waals surface area contributed by atoms with Crippen LogP contribution in [0, 0.1) is 0 Å². The van der Waals surface area contributed by atoms with Crippen molar-refractivity contribution in [2.24, 2.45) is 0 Å². The molecule has 1 rings (SSSR count). The lowest BCUT2D eigenvalue weighted by Gasteiger charge is -2.23. The van der Waals surface area contributed by atoms with Gasteiger partial charge < -0.3 is 15.4 Å². The van der Waals surface area contributed by atoms with Crippen molar-refractivity contribution in [1.29, 1.82) is 0 Å². The Balaban J connectivity index is 2.18. The molecule has 13 heavy (non-hydrogen) atoms. The number of nitrogens with one attached hydrogen (secondary N) is 2. The zero-order valence-electron chi connectivity index (χ0n) is 8.30. The second-order valence-corrected chi connectivity index (χ2v) is 3.62. The molecule has 1 heterocycles. The van der Waals surface area contributed by atoms with Gasteiger partial charge in [-0.05, 0) is 13.8 Å². The van der Waals surface area contributed by atoms with Gasteiger partial charge in [0.2, 0.25) is 5.91 Å². The molecule has 0 unspecified atom stereocenters. The number of carbonyl (C=O) groups is 1. The summed E-state index contributed by atoms with van der Waals surface area (Å²) in [7, 11) is 0. The molecule has 0 saturated carbocycles. The van der Waals surface area contributed by atoms with Crippen LogP contribution in [0.3, 0.4) is 0 Å². The summed E-state index contributed by atoms with van der Waals surface area (Å²) in [6.07, 6.45) is 0.512. The SMILES string of the molecule is CC(C)NC(=O)C[C@@H]1CNCCO1. The van der Waals surface area contributed by atoms with E-state index in [0.717, 1.165) is 13.1 Å². The Morgan fingerprint density at radius 3 is 3.00 bits per heavy atom. The smallest absolute Gasteiger partial charge is 0.222 e. The van der Waals surface area contributed by atoms with E-state index in [9.17, 15) is 4.79 Å². The Morgan fingerprint density at radius 1 is 1.69 bits per heavy atom. The van der Waals surface area contributed by atoms with Gasteiger partial charge >= 0.3 is 0 Å². The summed E-state index contributed by atoms with van der Waals surface area (Å²) in [5.41, 5.74) is 0. The molecule has 0 spiro atoms. The van der Waals surface area contributed by atoms with Gasteiger partial charge in [-0.25, -0.2) is 0 Å². The van der Waals surface area contributed by atoms with Crippen LogP contribution < -0.4 is 10.6 Å². The third kappa shape index (κ3) is 4.24. The Morgan fingerprint density at radius 2 is 2.46 bits per heavy atom. The van der Waals surface area contributed by atoms with Crippen LogP contribution >= 0.6 is 0 Å². The summed E-state index contributed by atoms with van der Waals surface area (Å²) >= 11 is 0. The second-order valence-electron chi connectivity index (χ2n) is 3.62. The molecule has 1 aliphatic heterocycles. The first-order valence-corrected chi connectivity index (χ1v) is 4.80. The van der Waals surface area contributed by atoms with Crippen LogP contribution in [0.1, 0.15) is 20.3 Å². The lowest BCUT2D eigenvalue weighted by molar-refractivity contribution is -0.124. The Labute approximate surface area is 79.0 Å². The van der Waals surface area contributed by atoms with E-state index < -0.39 is 0 Å². The van der Waals surface area contributed by atoms with Gasteiger partial charge in [-0.3, -0.25) is 4.79 Å². The molecule has 1 saturated heterocycles. The minimum atomic E-state index is 0.0486. The van der Waals surface area contributed by atoms with E-state index in [1.165, 1.54) is 0 Å². The molecule has 0 aromatic carbocycles. The summed E-state index contributed by atoms with van der Waals surface area (Å²) in [4.78, 5) is 11.3. The Bertz CT molecular complexity index is 165. The van der Waals surface area contributed by atoms with E-state index in [0.29, 0.717) is 13.0 Å². The van der Waals surface area contributed by atoms with Crippen molar-refractivity contribution in [1.82, 2.24) is 10.6 Å². The van der Waals surface area contributed by atoms with Crippen LogP contribution in [0.5, 0.6) is 0 Å². The van der Waals surface area contributed by atoms with Gasteiger partial charge in [-0.15, -0.1) is 0 Å². The van der Waals surface area contributed by atoms with Crippen LogP contribution in [0.2, 0.25) is 0 Å². The van der Waals surface area contributed by atoms with Crippen LogP contribution in [-0.2, 0) is 9.53 Å². The van der Waals surface area contributed by atoms with E-state index in [1.54, 1.807) is 0 Å². The highest BCUT2D eigenvalue weighted by molar-refractivity contribution is 5.76. The van der Waals surface area contributed by atoms with Crippen molar-refractivity contribution < 1.29 is 9.53 Å². The zero-order valence-corrected chi connectivity index (χ0v) is 8.30. The Kier molecular flexibility index (Phi) is 4.18. The quantitative estimate of drug-likeness (QED) is 0.646. The van der Waals surface area contributed by atoms with Gasteiger partial charge in [0, 0.05) is 19.1 Å². The molecule has 76 valence electrons. The van der Waals surface area contributed by atoms with Crippen molar-refractivity contribution in [3.63, 3.8) is 0 Å². The van der Waals surface area contributed by atoms with E-state index in [1.807, 2.05) is 13.8 Å². The van der Waals surface area contributed by atoms with Crippen LogP contribution in [0.15, 0.2) is 0 Å². The number of ether oxygens (including phenoxy) is 1. The summed E-state index contributed by atoms with van der Waals surface area (Å²) in [5.74, 6) is 0.0729. The normalized spacial score (nSPS) is 23.2. The molecule has 1 atom stereocenters. The number of hydrogen-bond donors (Lipinski definition) is 2. The summed E-state index contributed by atoms with van der Waals surface area (Å²) in [5, 5.41) is 6.03. The van der Waals surface area contributed by atoms with Crippen LogP contribution in [0.4, 0.5) is 0 Å². The number of carbonyl (C=O) groups excluding carboxylic acids is 1. The fourth-order valence-corrected chi connectivity index (χ4v) is 1.34. The van der Waals surface area contributed by atoms with Gasteiger partial charge in [0.1, 0.15) is 0 Å². The first-order valence-electron chi connectivity index (χ1n) is 4.80. The minimum Gasteiger partial charge on any atom is -0.375 e. The fraction of sp³-hybridized carbons (Fsp3) is 0.889. The summed E-state index contributed by atoms with van der Waals surface area (Å²) < 4.78 is 5.41. The van der Waals surface area contributed by atoms with Crippen LogP contribution in [-0.4, -0.2) is 37.7 Å². The number of rotatable bonds is 3. The fourth-order valence-electron chi connectivity index (χ4n) is 1.34. The topological polar surface area (TPSA) is 50.4 Å². The maximum absolute atomic E-state index is 11.3. The highest BCUT2D eigenvalue weighted by Gasteiger charge is 2.17. The average molecular weight is 186 g/mol. The third-order valence-corrected chi connectivity index (χ3v) is 1.87. The number of amides is 1. The van der Waals surface area contributed by atoms with Gasteiger partial charge in [0.15, 0.2) is 0 Å². The predicted molar refractivity (Wildman–Crippen MR) is 50.5 cm³/mol. The zero-order chi connectivity index (χ0) is 9.68. The molecular weight excluding hydrogens is 168 g/mol. The molecule has 2 N–H and O–H groups in total. The number of morpholine rings is 1. The molecule has 0 aromatic rings. The van der Waals surface area contributed by atoms with Crippen molar-refractivity contribution in [3.8, 4) is 0 Å². The number of hydrogen-bond acceptors (Lipinski definition) is 3. The van der Waals surface area contributed by atoms with E-state index >= 15 is 0 Å². The molecule has 4 nitrogen and oxygen atoms in total. The second kappa shape index (κ2) is 5.19. The minimum absolute atomic E-state index is 0.0486. The van der Waals surface area contributed by atoms with E-state index in [4.69, 9.17) is 4.74 Å². The lowest BCUT2D eigenvalue weighted by Crippen LogP contribution is -2.42. The molecular formula is C9H18N2O2. The van der Waals surface area contributed by atoms with Gasteiger partial charge in [0.25, 0.3) is 0 Å². The van der Waals surface area contributed by atoms with Gasteiger partial charge in [-0.2, -0.15) is 0 Å². The highest BCUT2D eigenvalue weighted by Crippen LogP contribution is 2.01. The molecule has 4 heteroatoms. The third-order valence-electron chi connectivity index (χ3n) is 1.87. The summed E-state index contributed by atoms with van der Waals surface area (Å²) in [6.45, 7) is 6.29. The van der Waals surface area contributed by atoms with Crippen molar-refractivity contribution in [2.75, 3.05) is 19.7 Å². The molecule has 1 fully saturated rings. The summed E-state index contributed by atoms with van der Waals surface area (Å²) in [6, 6.07) is 0.212. The molecule has 0 aliphatic carbocycles. The maximum Gasteiger partial charge on any atom is 0.222 e. The molecule has 0 aromatic heterocycles. The molecule has 1 amide bonds. The Hall–Kier alpha value is -0.610. The first kappa shape index (κ1) is 10.5. The standard InChI is InChI=1S/C9H18N2O2/c1-7(2)11-9(12)5-8-6-10-3-4-13-8/h7-8,10H,3-6H2,1-2H3,(H,11,12)/t8-/m1/s1. The van der Waals surface area contributed by atoms with Gasteiger partial charge in [0.05, 0.1) is 19.1 Å². The van der Waals surface area contributed by atoms with Crippen molar-refractivity contribution in [2.45, 2.75) is 32.4 Å². The van der Waals surface area contributed by atoms with Crippen molar-refractivity contribution >= 4 is 5.91 Å². The monoisotopic (exact) mass is 186 g/mol.